The molecule has 1 aromatic rings. The molecule has 0 saturated carbocycles. The monoisotopic (exact) mass is 246 g/mol. The second-order valence-corrected chi connectivity index (χ2v) is 4.19. The molecule has 82 valence electrons. The summed E-state index contributed by atoms with van der Waals surface area (Å²) >= 11 is 11.8. The van der Waals surface area contributed by atoms with Crippen LogP contribution >= 0.6 is 23.2 Å². The zero-order chi connectivity index (χ0) is 11.4. The highest BCUT2D eigenvalue weighted by Crippen LogP contribution is 2.25. The molecule has 0 N–H and O–H groups in total. The highest BCUT2D eigenvalue weighted by Gasteiger charge is 2.12. The highest BCUT2D eigenvalue weighted by atomic mass is 35.5. The van der Waals surface area contributed by atoms with E-state index in [1.807, 2.05) is 6.07 Å². The van der Waals surface area contributed by atoms with Crippen molar-refractivity contribution in [2.24, 2.45) is 0 Å². The quantitative estimate of drug-likeness (QED) is 0.764. The fourth-order valence-electron chi connectivity index (χ4n) is 1.19. The minimum Gasteiger partial charge on any atom is -0.495 e. The van der Waals surface area contributed by atoms with Crippen LogP contribution in [0.5, 0.6) is 5.75 Å². The summed E-state index contributed by atoms with van der Waals surface area (Å²) in [7, 11) is 1.56. The van der Waals surface area contributed by atoms with Crippen molar-refractivity contribution in [2.75, 3.05) is 7.11 Å². The van der Waals surface area contributed by atoms with Gasteiger partial charge in [-0.15, -0.1) is 11.6 Å². The van der Waals surface area contributed by atoms with Gasteiger partial charge in [0.25, 0.3) is 0 Å². The van der Waals surface area contributed by atoms with Gasteiger partial charge in [-0.25, -0.2) is 0 Å². The Morgan fingerprint density at radius 2 is 2.20 bits per heavy atom. The zero-order valence-electron chi connectivity index (χ0n) is 8.59. The third-order valence-corrected chi connectivity index (χ3v) is 2.83. The van der Waals surface area contributed by atoms with E-state index in [2.05, 4.69) is 0 Å². The van der Waals surface area contributed by atoms with Crippen LogP contribution in [-0.4, -0.2) is 18.3 Å². The van der Waals surface area contributed by atoms with E-state index in [0.29, 0.717) is 17.2 Å². The molecular formula is C11H12Cl2O2. The number of hydrogen-bond donors (Lipinski definition) is 0. The minimum absolute atomic E-state index is 0.0383. The zero-order valence-corrected chi connectivity index (χ0v) is 10.1. The molecule has 0 spiro atoms. The smallest absolute Gasteiger partial charge is 0.147 e. The number of ketones is 1. The predicted molar refractivity (Wildman–Crippen MR) is 62.0 cm³/mol. The number of rotatable bonds is 4. The van der Waals surface area contributed by atoms with Crippen molar-refractivity contribution in [3.63, 3.8) is 0 Å². The number of hydrogen-bond acceptors (Lipinski definition) is 2. The molecule has 0 fully saturated rings. The Bertz CT molecular complexity index is 364. The lowest BCUT2D eigenvalue weighted by atomic mass is 10.1. The van der Waals surface area contributed by atoms with Crippen molar-refractivity contribution in [3.8, 4) is 5.75 Å². The molecule has 1 atom stereocenters. The minimum atomic E-state index is -0.491. The number of alkyl halides is 1. The summed E-state index contributed by atoms with van der Waals surface area (Å²) in [6.07, 6.45) is 0.487. The molecule has 0 saturated heterocycles. The van der Waals surface area contributed by atoms with Gasteiger partial charge in [0.2, 0.25) is 0 Å². The summed E-state index contributed by atoms with van der Waals surface area (Å²) in [5.41, 5.74) is 0.927. The van der Waals surface area contributed by atoms with Gasteiger partial charge in [-0.2, -0.15) is 0 Å². The Labute approximate surface area is 99.1 Å². The standard InChI is InChI=1S/C11H12Cl2O2/c1-7(14)9(12)5-8-3-4-11(15-2)10(13)6-8/h3-4,6,9H,5H2,1-2H3. The summed E-state index contributed by atoms with van der Waals surface area (Å²) in [6, 6.07) is 5.38. The van der Waals surface area contributed by atoms with E-state index in [1.54, 1.807) is 19.2 Å². The molecule has 0 aliphatic carbocycles. The maximum Gasteiger partial charge on any atom is 0.147 e. The molecule has 0 aliphatic heterocycles. The number of halogens is 2. The molecule has 0 bridgehead atoms. The van der Waals surface area contributed by atoms with Crippen molar-refractivity contribution in [3.05, 3.63) is 28.8 Å². The predicted octanol–water partition coefficient (Wildman–Crippen LogP) is 3.09. The summed E-state index contributed by atoms with van der Waals surface area (Å²) in [5, 5.41) is 0.0388. The maximum atomic E-state index is 11.0. The first-order valence-electron chi connectivity index (χ1n) is 4.51. The third-order valence-electron chi connectivity index (χ3n) is 2.07. The summed E-state index contributed by atoms with van der Waals surface area (Å²) < 4.78 is 5.02. The number of benzene rings is 1. The van der Waals surface area contributed by atoms with Gasteiger partial charge in [-0.05, 0) is 31.0 Å². The summed E-state index contributed by atoms with van der Waals surface area (Å²) in [5.74, 6) is 0.581. The van der Waals surface area contributed by atoms with Gasteiger partial charge in [0.05, 0.1) is 17.5 Å². The second kappa shape index (κ2) is 5.38. The van der Waals surface area contributed by atoms with E-state index in [9.17, 15) is 4.79 Å². The van der Waals surface area contributed by atoms with Crippen molar-refractivity contribution in [2.45, 2.75) is 18.7 Å². The fraction of sp³-hybridized carbons (Fsp3) is 0.364. The van der Waals surface area contributed by atoms with Crippen LogP contribution < -0.4 is 4.74 Å². The lowest BCUT2D eigenvalue weighted by molar-refractivity contribution is -0.116. The van der Waals surface area contributed by atoms with Crippen molar-refractivity contribution < 1.29 is 9.53 Å². The molecule has 15 heavy (non-hydrogen) atoms. The first-order chi connectivity index (χ1) is 7.04. The molecule has 0 aliphatic rings. The molecule has 4 heteroatoms. The Morgan fingerprint density at radius 1 is 1.53 bits per heavy atom. The first-order valence-corrected chi connectivity index (χ1v) is 5.33. The lowest BCUT2D eigenvalue weighted by Gasteiger charge is -2.08. The Balaban J connectivity index is 2.79. The average molecular weight is 247 g/mol. The average Bonchev–Trinajstić information content (AvgIpc) is 2.18. The van der Waals surface area contributed by atoms with Crippen LogP contribution in [0.15, 0.2) is 18.2 Å². The van der Waals surface area contributed by atoms with Crippen LogP contribution in [0.25, 0.3) is 0 Å². The van der Waals surface area contributed by atoms with Gasteiger partial charge >= 0.3 is 0 Å². The van der Waals surface area contributed by atoms with Crippen LogP contribution in [-0.2, 0) is 11.2 Å². The van der Waals surface area contributed by atoms with Gasteiger partial charge in [0.15, 0.2) is 0 Å². The number of methoxy groups -OCH3 is 1. The van der Waals surface area contributed by atoms with Crippen LogP contribution in [0.1, 0.15) is 12.5 Å². The van der Waals surface area contributed by atoms with Gasteiger partial charge in [0.1, 0.15) is 11.5 Å². The van der Waals surface area contributed by atoms with Crippen molar-refractivity contribution in [1.82, 2.24) is 0 Å². The molecule has 0 heterocycles. The van der Waals surface area contributed by atoms with Crippen molar-refractivity contribution >= 4 is 29.0 Å². The summed E-state index contributed by atoms with van der Waals surface area (Å²) in [6.45, 7) is 1.47. The van der Waals surface area contributed by atoms with Crippen LogP contribution in [0.2, 0.25) is 5.02 Å². The fourth-order valence-corrected chi connectivity index (χ4v) is 1.65. The second-order valence-electron chi connectivity index (χ2n) is 3.25. The number of Topliss-reactive ketones (excluding diaryl/α,β-unsaturated/α-hetero) is 1. The van der Waals surface area contributed by atoms with E-state index >= 15 is 0 Å². The molecule has 1 rings (SSSR count). The van der Waals surface area contributed by atoms with Gasteiger partial charge in [0, 0.05) is 0 Å². The topological polar surface area (TPSA) is 26.3 Å². The van der Waals surface area contributed by atoms with Crippen LogP contribution in [0.3, 0.4) is 0 Å². The highest BCUT2D eigenvalue weighted by molar-refractivity contribution is 6.32. The Morgan fingerprint density at radius 3 is 2.67 bits per heavy atom. The number of ether oxygens (including phenoxy) is 1. The first kappa shape index (κ1) is 12.3. The summed E-state index contributed by atoms with van der Waals surface area (Å²) in [4.78, 5) is 11.0. The van der Waals surface area contributed by atoms with E-state index < -0.39 is 5.38 Å². The van der Waals surface area contributed by atoms with E-state index in [1.165, 1.54) is 6.92 Å². The Hall–Kier alpha value is -0.730. The molecule has 0 radical (unpaired) electrons. The van der Waals surface area contributed by atoms with E-state index in [0.717, 1.165) is 5.56 Å². The molecule has 0 aromatic heterocycles. The number of carbonyl (C=O) groups excluding carboxylic acids is 1. The van der Waals surface area contributed by atoms with E-state index in [4.69, 9.17) is 27.9 Å². The van der Waals surface area contributed by atoms with E-state index in [-0.39, 0.29) is 5.78 Å². The maximum absolute atomic E-state index is 11.0. The molecule has 1 unspecified atom stereocenters. The SMILES string of the molecule is COc1ccc(CC(Cl)C(C)=O)cc1Cl. The Kier molecular flexibility index (Phi) is 4.43. The molecule has 0 amide bonds. The largest absolute Gasteiger partial charge is 0.495 e. The third kappa shape index (κ3) is 3.40. The van der Waals surface area contributed by atoms with Crippen LogP contribution in [0, 0.1) is 0 Å². The van der Waals surface area contributed by atoms with Gasteiger partial charge in [-0.1, -0.05) is 17.7 Å². The molecule has 2 nitrogen and oxygen atoms in total. The molecular weight excluding hydrogens is 235 g/mol. The van der Waals surface area contributed by atoms with Crippen molar-refractivity contribution in [1.29, 1.82) is 0 Å². The molecule has 1 aromatic carbocycles. The van der Waals surface area contributed by atoms with Gasteiger partial charge in [-0.3, -0.25) is 4.79 Å². The normalized spacial score (nSPS) is 12.3. The van der Waals surface area contributed by atoms with Gasteiger partial charge < -0.3 is 4.74 Å². The number of carbonyl (C=O) groups is 1. The lowest BCUT2D eigenvalue weighted by Crippen LogP contribution is -2.13. The van der Waals surface area contributed by atoms with Crippen LogP contribution in [0.4, 0.5) is 0 Å².